The zero-order chi connectivity index (χ0) is 18.1. The van der Waals surface area contributed by atoms with E-state index in [0.717, 1.165) is 17.8 Å². The molecule has 1 unspecified atom stereocenters. The second-order valence-corrected chi connectivity index (χ2v) is 7.74. The molecule has 6 nitrogen and oxygen atoms in total. The first-order valence-electron chi connectivity index (χ1n) is 8.83. The van der Waals surface area contributed by atoms with Crippen molar-refractivity contribution in [3.8, 4) is 0 Å². The lowest BCUT2D eigenvalue weighted by Gasteiger charge is -2.44. The summed E-state index contributed by atoms with van der Waals surface area (Å²) in [6.45, 7) is 3.91. The van der Waals surface area contributed by atoms with Gasteiger partial charge in [0.1, 0.15) is 12.3 Å². The van der Waals surface area contributed by atoms with Gasteiger partial charge in [-0.3, -0.25) is 9.69 Å². The number of aromatic nitrogens is 1. The van der Waals surface area contributed by atoms with Crippen LogP contribution in [0.2, 0.25) is 0 Å². The average Bonchev–Trinajstić information content (AvgIpc) is 3.27. The van der Waals surface area contributed by atoms with Crippen molar-refractivity contribution in [3.63, 3.8) is 0 Å². The maximum Gasteiger partial charge on any atom is 0.410 e. The van der Waals surface area contributed by atoms with E-state index in [4.69, 9.17) is 4.74 Å². The molecule has 4 rings (SSSR count). The minimum absolute atomic E-state index is 0.0626. The molecule has 2 aromatic rings. The Bertz CT molecular complexity index is 822. The van der Waals surface area contributed by atoms with Gasteiger partial charge in [-0.1, -0.05) is 37.3 Å². The molecule has 26 heavy (non-hydrogen) atoms. The molecule has 0 radical (unpaired) electrons. The highest BCUT2D eigenvalue weighted by molar-refractivity contribution is 7.09. The van der Waals surface area contributed by atoms with Crippen LogP contribution in [0.25, 0.3) is 0 Å². The Hall–Kier alpha value is -2.41. The van der Waals surface area contributed by atoms with E-state index < -0.39 is 5.54 Å². The number of nitrogens with zero attached hydrogens (tertiary/aromatic N) is 3. The molecule has 2 saturated heterocycles. The molecule has 0 saturated carbocycles. The summed E-state index contributed by atoms with van der Waals surface area (Å²) in [6, 6.07) is 10.1. The highest BCUT2D eigenvalue weighted by atomic mass is 32.1. The van der Waals surface area contributed by atoms with E-state index in [9.17, 15) is 9.59 Å². The van der Waals surface area contributed by atoms with Gasteiger partial charge in [-0.05, 0) is 12.0 Å². The van der Waals surface area contributed by atoms with Gasteiger partial charge in [0.15, 0.2) is 0 Å². The standard InChI is InChI=1S/C19H21N3O3S/c1-2-19-12-21(8-9-22(19)18(24)25-13-19)17(23)15-11-26-16(20-15)10-14-6-4-3-5-7-14/h3-7,11H,2,8-10,12-13H2,1H3. The molecule has 136 valence electrons. The highest BCUT2D eigenvalue weighted by Crippen LogP contribution is 2.32. The lowest BCUT2D eigenvalue weighted by molar-refractivity contribution is 0.0358. The quantitative estimate of drug-likeness (QED) is 0.829. The molecule has 7 heteroatoms. The minimum Gasteiger partial charge on any atom is -0.447 e. The van der Waals surface area contributed by atoms with Crippen LogP contribution in [0.3, 0.4) is 0 Å². The zero-order valence-corrected chi connectivity index (χ0v) is 15.5. The SMILES string of the molecule is CCC12COC(=O)N1CCN(C(=O)c1csc(Cc3ccccc3)n1)C2. The van der Waals surface area contributed by atoms with Crippen molar-refractivity contribution in [2.75, 3.05) is 26.2 Å². The van der Waals surface area contributed by atoms with Crippen LogP contribution >= 0.6 is 11.3 Å². The number of fused-ring (bicyclic) bond motifs is 1. The number of carbonyl (C=O) groups is 2. The summed E-state index contributed by atoms with van der Waals surface area (Å²) in [7, 11) is 0. The number of thiazole rings is 1. The summed E-state index contributed by atoms with van der Waals surface area (Å²) in [5.74, 6) is -0.0626. The lowest BCUT2D eigenvalue weighted by Crippen LogP contribution is -2.62. The first-order valence-corrected chi connectivity index (χ1v) is 9.71. The molecule has 2 fully saturated rings. The normalized spacial score (nSPS) is 22.3. The van der Waals surface area contributed by atoms with Crippen molar-refractivity contribution in [2.24, 2.45) is 0 Å². The van der Waals surface area contributed by atoms with Crippen LogP contribution in [-0.2, 0) is 11.2 Å². The van der Waals surface area contributed by atoms with Crippen molar-refractivity contribution in [2.45, 2.75) is 25.3 Å². The summed E-state index contributed by atoms with van der Waals surface area (Å²) in [4.78, 5) is 32.9. The fraction of sp³-hybridized carbons (Fsp3) is 0.421. The Labute approximate surface area is 156 Å². The molecule has 1 aromatic heterocycles. The Kier molecular flexibility index (Phi) is 4.40. The van der Waals surface area contributed by atoms with E-state index in [1.165, 1.54) is 16.9 Å². The summed E-state index contributed by atoms with van der Waals surface area (Å²) in [5, 5.41) is 2.77. The second kappa shape index (κ2) is 6.72. The van der Waals surface area contributed by atoms with E-state index >= 15 is 0 Å². The van der Waals surface area contributed by atoms with Crippen molar-refractivity contribution in [1.29, 1.82) is 0 Å². The monoisotopic (exact) mass is 371 g/mol. The second-order valence-electron chi connectivity index (χ2n) is 6.80. The van der Waals surface area contributed by atoms with Gasteiger partial charge in [0.25, 0.3) is 5.91 Å². The van der Waals surface area contributed by atoms with Gasteiger partial charge in [0.2, 0.25) is 0 Å². The summed E-state index contributed by atoms with van der Waals surface area (Å²) >= 11 is 1.51. The fourth-order valence-corrected chi connectivity index (χ4v) is 4.46. The van der Waals surface area contributed by atoms with E-state index in [0.29, 0.717) is 31.9 Å². The molecule has 1 atom stereocenters. The van der Waals surface area contributed by atoms with Crippen molar-refractivity contribution in [3.05, 3.63) is 52.0 Å². The van der Waals surface area contributed by atoms with Gasteiger partial charge < -0.3 is 9.64 Å². The van der Waals surface area contributed by atoms with Gasteiger partial charge in [0, 0.05) is 31.4 Å². The van der Waals surface area contributed by atoms with Crippen LogP contribution in [0.5, 0.6) is 0 Å². The topological polar surface area (TPSA) is 62.7 Å². The number of ether oxygens (including phenoxy) is 1. The highest BCUT2D eigenvalue weighted by Gasteiger charge is 2.50. The van der Waals surface area contributed by atoms with Crippen LogP contribution in [0.15, 0.2) is 35.7 Å². The number of piperazine rings is 1. The lowest BCUT2D eigenvalue weighted by atomic mass is 9.93. The molecule has 2 aliphatic heterocycles. The van der Waals surface area contributed by atoms with Gasteiger partial charge >= 0.3 is 6.09 Å². The fourth-order valence-electron chi connectivity index (χ4n) is 3.66. The van der Waals surface area contributed by atoms with Crippen LogP contribution in [0.4, 0.5) is 4.79 Å². The van der Waals surface area contributed by atoms with Crippen molar-refractivity contribution < 1.29 is 14.3 Å². The number of benzene rings is 1. The number of carbonyl (C=O) groups excluding carboxylic acids is 2. The largest absolute Gasteiger partial charge is 0.447 e. The Morgan fingerprint density at radius 2 is 2.12 bits per heavy atom. The molecule has 0 aliphatic carbocycles. The van der Waals surface area contributed by atoms with Crippen molar-refractivity contribution >= 4 is 23.3 Å². The number of cyclic esters (lactones) is 1. The third-order valence-electron chi connectivity index (χ3n) is 5.25. The van der Waals surface area contributed by atoms with Crippen LogP contribution < -0.4 is 0 Å². The van der Waals surface area contributed by atoms with Gasteiger partial charge in [-0.15, -0.1) is 11.3 Å². The third kappa shape index (κ3) is 2.96. The maximum absolute atomic E-state index is 12.9. The van der Waals surface area contributed by atoms with Crippen LogP contribution in [0.1, 0.15) is 34.4 Å². The maximum atomic E-state index is 12.9. The molecule has 0 bridgehead atoms. The van der Waals surface area contributed by atoms with E-state index in [2.05, 4.69) is 17.1 Å². The van der Waals surface area contributed by atoms with Gasteiger partial charge in [-0.25, -0.2) is 9.78 Å². The van der Waals surface area contributed by atoms with Gasteiger partial charge in [-0.2, -0.15) is 0 Å². The van der Waals surface area contributed by atoms with Crippen molar-refractivity contribution in [1.82, 2.24) is 14.8 Å². The Morgan fingerprint density at radius 3 is 2.88 bits per heavy atom. The molecule has 3 heterocycles. The predicted octanol–water partition coefficient (Wildman–Crippen LogP) is 2.79. The third-order valence-corrected chi connectivity index (χ3v) is 6.10. The van der Waals surface area contributed by atoms with E-state index in [-0.39, 0.29) is 12.0 Å². The number of hydrogen-bond acceptors (Lipinski definition) is 5. The first-order chi connectivity index (χ1) is 12.6. The smallest absolute Gasteiger partial charge is 0.410 e. The molecule has 1 aromatic carbocycles. The molecular weight excluding hydrogens is 350 g/mol. The summed E-state index contributed by atoms with van der Waals surface area (Å²) < 4.78 is 5.23. The number of rotatable bonds is 4. The first kappa shape index (κ1) is 17.0. The molecule has 2 amide bonds. The van der Waals surface area contributed by atoms with E-state index in [1.807, 2.05) is 35.4 Å². The summed E-state index contributed by atoms with van der Waals surface area (Å²) in [5.41, 5.74) is 1.28. The molecular formula is C19H21N3O3S. The van der Waals surface area contributed by atoms with Gasteiger partial charge in [0.05, 0.1) is 10.5 Å². The Morgan fingerprint density at radius 1 is 1.31 bits per heavy atom. The Balaban J connectivity index is 1.47. The predicted molar refractivity (Wildman–Crippen MR) is 98.3 cm³/mol. The zero-order valence-electron chi connectivity index (χ0n) is 14.7. The molecule has 0 N–H and O–H groups in total. The molecule has 0 spiro atoms. The summed E-state index contributed by atoms with van der Waals surface area (Å²) in [6.07, 6.45) is 1.23. The van der Waals surface area contributed by atoms with Crippen LogP contribution in [-0.4, -0.2) is 58.6 Å². The number of hydrogen-bond donors (Lipinski definition) is 0. The average molecular weight is 371 g/mol. The molecule has 2 aliphatic rings. The minimum atomic E-state index is -0.395. The van der Waals surface area contributed by atoms with Crippen LogP contribution in [0, 0.1) is 0 Å². The number of amides is 2. The van der Waals surface area contributed by atoms with E-state index in [1.54, 1.807) is 4.90 Å².